The van der Waals surface area contributed by atoms with Gasteiger partial charge in [-0.3, -0.25) is 105 Å². The second kappa shape index (κ2) is 46.7. The quantitative estimate of drug-likeness (QED) is 0.0274. The molecule has 11 atom stereocenters. The molecule has 0 aliphatic carbocycles. The van der Waals surface area contributed by atoms with Crippen molar-refractivity contribution >= 4 is 130 Å². The molecule has 558 valence electrons. The Balaban J connectivity index is 7.41. The van der Waals surface area contributed by atoms with Crippen LogP contribution in [-0.2, 0) is 105 Å². The molecule has 0 saturated heterocycles. The highest BCUT2D eigenvalue weighted by molar-refractivity contribution is 6.00. The number of hydrogen-bond donors (Lipinski definition) is 17. The van der Waals surface area contributed by atoms with Crippen molar-refractivity contribution in [1.29, 1.82) is 0 Å². The number of carbonyl (C=O) groups excluding carboxylic acids is 16. The summed E-state index contributed by atoms with van der Waals surface area (Å²) in [7, 11) is 0. The highest BCUT2D eigenvalue weighted by Gasteiger charge is 2.38. The van der Waals surface area contributed by atoms with E-state index in [9.17, 15) is 126 Å². The lowest BCUT2D eigenvalue weighted by Gasteiger charge is -2.26. The molecular formula is C61H91N11O28. The van der Waals surface area contributed by atoms with Crippen LogP contribution in [0.4, 0.5) is 0 Å². The Morgan fingerprint density at radius 2 is 0.420 bits per heavy atom. The summed E-state index contributed by atoms with van der Waals surface area (Å²) in [5, 5.41) is 68.0. The van der Waals surface area contributed by atoms with E-state index in [-0.39, 0.29) is 6.42 Å². The number of hydrogen-bond acceptors (Lipinski definition) is 23. The molecule has 0 bridgehead atoms. The molecule has 0 saturated carbocycles. The molecule has 0 fully saturated rings. The maximum Gasteiger partial charge on any atom is 0.303 e. The van der Waals surface area contributed by atoms with Crippen molar-refractivity contribution < 1.29 is 136 Å². The first-order valence-electron chi connectivity index (χ1n) is 31.7. The fourth-order valence-electron chi connectivity index (χ4n) is 10.0. The van der Waals surface area contributed by atoms with Crippen LogP contribution in [-0.4, -0.2) is 196 Å². The van der Waals surface area contributed by atoms with Gasteiger partial charge in [0.2, 0.25) is 59.1 Å². The number of amides is 10. The topological polar surface area (TPSA) is 713 Å². The van der Waals surface area contributed by atoms with Crippen LogP contribution >= 0.6 is 0 Å². The van der Waals surface area contributed by atoms with Gasteiger partial charge in [-0.1, -0.05) is 0 Å². The van der Waals surface area contributed by atoms with Gasteiger partial charge in [0.05, 0.1) is 36.3 Å². The number of carbonyl (C=O) groups is 22. The van der Waals surface area contributed by atoms with Gasteiger partial charge in [0, 0.05) is 132 Å². The van der Waals surface area contributed by atoms with Crippen LogP contribution < -0.4 is 61.0 Å². The fourth-order valence-corrected chi connectivity index (χ4v) is 10.0. The van der Waals surface area contributed by atoms with Crippen molar-refractivity contribution in [1.82, 2.24) is 26.6 Å². The van der Waals surface area contributed by atoms with E-state index in [1.807, 2.05) is 0 Å². The number of nitrogens with one attached hydrogen (secondary N) is 5. The standard InChI is InChI=1S/C61H91N11O28/c1-29(73)36(8-19-52(86)87)68-57(96)31(3-14-47(64)80)25-42(75)38(10-21-54(90)91)70-59(98)33(5-16-49(66)82)27-44(77)40(12-23-56(94)95)72-61(100)34(6-17-50(67)83)28-45(78)39(11-22-55(92)93)71-60(99)32(4-15-48(65)81)26-43(76)37(9-20-53(88)89)69-58(97)30(2-13-46(63)79)24-41(74)35(62)7-18-51(84)85/h30-40H,2-28,62H2,1H3,(H2,63,79)(H2,64,80)(H2,65,81)(H2,66,82)(H2,67,83)(H,68,96)(H,69,97)(H,70,98)(H,71,99)(H,72,100)(H,84,85)(H,86,87)(H,88,89)(H,90,91)(H,92,93)(H,94,95)/t30-,31-,32-,33-,34-,35+,36+,37+,38+,39+,40+/m1/s1. The molecule has 0 unspecified atom stereocenters. The van der Waals surface area contributed by atoms with Gasteiger partial charge in [-0.2, -0.15) is 0 Å². The largest absolute Gasteiger partial charge is 0.481 e. The lowest BCUT2D eigenvalue weighted by atomic mass is 9.88. The minimum Gasteiger partial charge on any atom is -0.481 e. The molecule has 0 heterocycles. The number of ketones is 6. The summed E-state index contributed by atoms with van der Waals surface area (Å²) >= 11 is 0. The van der Waals surface area contributed by atoms with Gasteiger partial charge in [0.15, 0.2) is 28.9 Å². The summed E-state index contributed by atoms with van der Waals surface area (Å²) in [6, 6.07) is -10.3. The molecule has 0 aromatic carbocycles. The van der Waals surface area contributed by atoms with Crippen molar-refractivity contribution in [3.05, 3.63) is 0 Å². The molecule has 0 aliphatic heterocycles. The summed E-state index contributed by atoms with van der Waals surface area (Å²) in [5.74, 6) is -34.0. The second-order valence-corrected chi connectivity index (χ2v) is 24.0. The van der Waals surface area contributed by atoms with Crippen molar-refractivity contribution in [3.63, 3.8) is 0 Å². The van der Waals surface area contributed by atoms with Gasteiger partial charge in [0.1, 0.15) is 5.78 Å². The Morgan fingerprint density at radius 3 is 0.600 bits per heavy atom. The lowest BCUT2D eigenvalue weighted by molar-refractivity contribution is -0.139. The zero-order chi connectivity index (χ0) is 76.7. The minimum atomic E-state index is -1.94. The SMILES string of the molecule is CC(=O)[C@H](CCC(=O)O)NC(=O)[C@H](CCC(N)=O)CC(=O)[C@H](CCC(=O)O)NC(=O)[C@H](CCC(N)=O)CC(=O)[C@H](CCC(=O)O)NC(=O)[C@H](CCC(N)=O)CC(=O)[C@H](CCC(=O)O)NC(=O)[C@H](CCC(N)=O)CC(=O)[C@H](CCC(=O)O)NC(=O)[C@H](CCC(N)=O)CC(=O)[C@@H](N)CCC(=O)O. The van der Waals surface area contributed by atoms with Gasteiger partial charge < -0.3 is 91.6 Å². The Morgan fingerprint density at radius 1 is 0.250 bits per heavy atom. The van der Waals surface area contributed by atoms with E-state index in [0.717, 1.165) is 6.92 Å². The molecule has 100 heavy (non-hydrogen) atoms. The first-order chi connectivity index (χ1) is 46.5. The van der Waals surface area contributed by atoms with Crippen LogP contribution in [0.2, 0.25) is 0 Å². The monoisotopic (exact) mass is 1430 g/mol. The molecule has 0 aromatic rings. The van der Waals surface area contributed by atoms with Gasteiger partial charge in [0.25, 0.3) is 0 Å². The molecule has 0 spiro atoms. The summed E-state index contributed by atoms with van der Waals surface area (Å²) in [6.45, 7) is 1.03. The maximum absolute atomic E-state index is 14.4. The number of rotatable bonds is 59. The molecule has 23 N–H and O–H groups in total. The van der Waals surface area contributed by atoms with E-state index in [1.54, 1.807) is 0 Å². The number of aliphatic carboxylic acids is 6. The van der Waals surface area contributed by atoms with Gasteiger partial charge in [-0.15, -0.1) is 0 Å². The smallest absolute Gasteiger partial charge is 0.303 e. The Hall–Kier alpha value is -10.5. The van der Waals surface area contributed by atoms with Gasteiger partial charge in [-0.25, -0.2) is 0 Å². The molecule has 39 heteroatoms. The number of carboxylic acids is 6. The Bertz CT molecular complexity index is 3050. The van der Waals surface area contributed by atoms with Crippen LogP contribution in [0.1, 0.15) is 180 Å². The van der Waals surface area contributed by atoms with Gasteiger partial charge in [-0.05, 0) is 77.6 Å². The van der Waals surface area contributed by atoms with Crippen molar-refractivity contribution in [2.75, 3.05) is 0 Å². The molecule has 39 nitrogen and oxygen atoms in total. The van der Waals surface area contributed by atoms with Crippen molar-refractivity contribution in [2.45, 2.75) is 217 Å². The van der Waals surface area contributed by atoms with E-state index in [2.05, 4.69) is 26.6 Å². The average molecular weight is 1430 g/mol. The van der Waals surface area contributed by atoms with Crippen molar-refractivity contribution in [2.24, 2.45) is 64.0 Å². The molecule has 10 amide bonds. The van der Waals surface area contributed by atoms with E-state index < -0.39 is 362 Å². The summed E-state index contributed by atoms with van der Waals surface area (Å²) in [4.78, 5) is 282. The van der Waals surface area contributed by atoms with Crippen LogP contribution in [0.3, 0.4) is 0 Å². The third-order valence-electron chi connectivity index (χ3n) is 15.7. The third-order valence-corrected chi connectivity index (χ3v) is 15.7. The van der Waals surface area contributed by atoms with E-state index in [0.29, 0.717) is 0 Å². The minimum absolute atomic E-state index is 0.359. The molecule has 0 aliphatic rings. The predicted octanol–water partition coefficient (Wildman–Crippen LogP) is -4.28. The zero-order valence-electron chi connectivity index (χ0n) is 55.1. The summed E-state index contributed by atoms with van der Waals surface area (Å²) in [6.07, 6.45) is -18.7. The highest BCUT2D eigenvalue weighted by Crippen LogP contribution is 2.24. The number of Topliss-reactive ketones (excluding diaryl/α,β-unsaturated/α-hetero) is 6. The number of carboxylic acid groups (broad SMARTS) is 6. The Labute approximate surface area is 571 Å². The Kier molecular flexibility index (Phi) is 41.8. The molecule has 0 rings (SSSR count). The van der Waals surface area contributed by atoms with Crippen LogP contribution in [0.25, 0.3) is 0 Å². The van der Waals surface area contributed by atoms with Crippen LogP contribution in [0.5, 0.6) is 0 Å². The summed E-state index contributed by atoms with van der Waals surface area (Å²) in [5.41, 5.74) is 32.5. The van der Waals surface area contributed by atoms with Crippen LogP contribution in [0, 0.1) is 29.6 Å². The van der Waals surface area contributed by atoms with E-state index in [4.69, 9.17) is 44.6 Å². The number of primary amides is 5. The van der Waals surface area contributed by atoms with Gasteiger partial charge >= 0.3 is 35.8 Å². The second-order valence-electron chi connectivity index (χ2n) is 24.0. The molecule has 0 aromatic heterocycles. The normalized spacial score (nSPS) is 14.3. The molecular weight excluding hydrogens is 1330 g/mol. The molecule has 0 radical (unpaired) electrons. The first kappa shape index (κ1) is 89.5. The highest BCUT2D eigenvalue weighted by atomic mass is 16.4. The van der Waals surface area contributed by atoms with Crippen molar-refractivity contribution in [3.8, 4) is 0 Å². The predicted molar refractivity (Wildman–Crippen MR) is 337 cm³/mol. The third kappa shape index (κ3) is 39.6. The maximum atomic E-state index is 14.4. The van der Waals surface area contributed by atoms with E-state index >= 15 is 0 Å². The average Bonchev–Trinajstić information content (AvgIpc) is 0.862. The van der Waals surface area contributed by atoms with Crippen LogP contribution in [0.15, 0.2) is 0 Å². The van der Waals surface area contributed by atoms with E-state index in [1.165, 1.54) is 0 Å². The fraction of sp³-hybridized carbons (Fsp3) is 0.639. The lowest BCUT2D eigenvalue weighted by Crippen LogP contribution is -2.49. The summed E-state index contributed by atoms with van der Waals surface area (Å²) < 4.78 is 0. The zero-order valence-corrected chi connectivity index (χ0v) is 55.1. The first-order valence-corrected chi connectivity index (χ1v) is 31.7. The number of nitrogens with two attached hydrogens (primary N) is 6.